The average Bonchev–Trinajstić information content (AvgIpc) is 2.65. The Labute approximate surface area is 164 Å². The van der Waals surface area contributed by atoms with E-state index in [1.165, 1.54) is 16.8 Å². The van der Waals surface area contributed by atoms with E-state index in [9.17, 15) is 4.79 Å². The fourth-order valence-electron chi connectivity index (χ4n) is 3.17. The maximum absolute atomic E-state index is 12.5. The first-order valence-electron chi connectivity index (χ1n) is 8.73. The van der Waals surface area contributed by atoms with E-state index in [1.54, 1.807) is 12.1 Å². The van der Waals surface area contributed by atoms with Gasteiger partial charge in [0, 0.05) is 37.6 Å². The number of nitrogens with zero attached hydrogens (tertiary/aromatic N) is 2. The molecule has 1 aliphatic heterocycles. The summed E-state index contributed by atoms with van der Waals surface area (Å²) in [7, 11) is 0. The van der Waals surface area contributed by atoms with Crippen LogP contribution in [0.4, 0.5) is 11.4 Å². The number of hydrogen-bond acceptors (Lipinski definition) is 3. The molecule has 2 aromatic carbocycles. The molecule has 1 aliphatic rings. The Balaban J connectivity index is 1.53. The molecule has 0 spiro atoms. The molecule has 6 heteroatoms. The molecule has 0 bridgehead atoms. The molecule has 4 nitrogen and oxygen atoms in total. The zero-order valence-corrected chi connectivity index (χ0v) is 16.6. The van der Waals surface area contributed by atoms with Crippen molar-refractivity contribution in [1.29, 1.82) is 0 Å². The standard InChI is InChI=1S/C20H23Cl2N3O/c1-14-4-3-5-19(15(14)2)24-8-10-25(11-9-24)20(26)13-23-16-6-7-17(21)18(22)12-16/h3-7,12,23H,8-11,13H2,1-2H3. The monoisotopic (exact) mass is 391 g/mol. The minimum atomic E-state index is 0.0942. The molecule has 1 amide bonds. The summed E-state index contributed by atoms with van der Waals surface area (Å²) in [6, 6.07) is 11.7. The van der Waals surface area contributed by atoms with Gasteiger partial charge in [0.2, 0.25) is 5.91 Å². The van der Waals surface area contributed by atoms with E-state index >= 15 is 0 Å². The maximum Gasteiger partial charge on any atom is 0.241 e. The van der Waals surface area contributed by atoms with E-state index in [0.29, 0.717) is 10.0 Å². The average molecular weight is 392 g/mol. The number of rotatable bonds is 4. The van der Waals surface area contributed by atoms with E-state index in [0.717, 1.165) is 31.9 Å². The molecule has 1 N–H and O–H groups in total. The molecule has 2 aromatic rings. The number of nitrogens with one attached hydrogen (secondary N) is 1. The van der Waals surface area contributed by atoms with E-state index in [-0.39, 0.29) is 12.5 Å². The normalized spacial score (nSPS) is 14.5. The largest absolute Gasteiger partial charge is 0.376 e. The number of carbonyl (C=O) groups excluding carboxylic acids is 1. The van der Waals surface area contributed by atoms with Crippen molar-refractivity contribution in [1.82, 2.24) is 4.90 Å². The second kappa shape index (κ2) is 8.19. The first-order valence-corrected chi connectivity index (χ1v) is 9.49. The number of hydrogen-bond donors (Lipinski definition) is 1. The SMILES string of the molecule is Cc1cccc(N2CCN(C(=O)CNc3ccc(Cl)c(Cl)c3)CC2)c1C. The molecule has 3 rings (SSSR count). The summed E-state index contributed by atoms with van der Waals surface area (Å²) in [5.74, 6) is 0.0942. The maximum atomic E-state index is 12.5. The van der Waals surface area contributed by atoms with Gasteiger partial charge < -0.3 is 15.1 Å². The van der Waals surface area contributed by atoms with Crippen LogP contribution in [0.5, 0.6) is 0 Å². The smallest absolute Gasteiger partial charge is 0.241 e. The molecular formula is C20H23Cl2N3O. The van der Waals surface area contributed by atoms with Gasteiger partial charge in [-0.05, 0) is 49.2 Å². The summed E-state index contributed by atoms with van der Waals surface area (Å²) in [6.07, 6.45) is 0. The lowest BCUT2D eigenvalue weighted by Crippen LogP contribution is -2.50. The highest BCUT2D eigenvalue weighted by atomic mass is 35.5. The Morgan fingerprint density at radius 3 is 2.46 bits per heavy atom. The first kappa shape index (κ1) is 18.9. The van der Waals surface area contributed by atoms with Gasteiger partial charge >= 0.3 is 0 Å². The number of halogens is 2. The quantitative estimate of drug-likeness (QED) is 0.839. The fraction of sp³-hybridized carbons (Fsp3) is 0.350. The van der Waals surface area contributed by atoms with Crippen LogP contribution >= 0.6 is 23.2 Å². The molecule has 0 aliphatic carbocycles. The summed E-state index contributed by atoms with van der Waals surface area (Å²) in [6.45, 7) is 7.70. The second-order valence-corrected chi connectivity index (χ2v) is 7.38. The van der Waals surface area contributed by atoms with Gasteiger partial charge in [-0.25, -0.2) is 0 Å². The number of anilines is 2. The summed E-state index contributed by atoms with van der Waals surface area (Å²) in [5, 5.41) is 4.11. The highest BCUT2D eigenvalue weighted by Gasteiger charge is 2.22. The molecule has 138 valence electrons. The minimum absolute atomic E-state index is 0.0942. The number of carbonyl (C=O) groups is 1. The van der Waals surface area contributed by atoms with Crippen molar-refractivity contribution in [3.8, 4) is 0 Å². The molecule has 0 atom stereocenters. The molecular weight excluding hydrogens is 369 g/mol. The molecule has 1 fully saturated rings. The number of amides is 1. The van der Waals surface area contributed by atoms with Crippen LogP contribution in [-0.2, 0) is 4.79 Å². The Hall–Kier alpha value is -1.91. The number of piperazine rings is 1. The van der Waals surface area contributed by atoms with Gasteiger partial charge in [0.05, 0.1) is 16.6 Å². The van der Waals surface area contributed by atoms with E-state index in [4.69, 9.17) is 23.2 Å². The second-order valence-electron chi connectivity index (χ2n) is 6.57. The van der Waals surface area contributed by atoms with Crippen molar-refractivity contribution < 1.29 is 4.79 Å². The Morgan fingerprint density at radius 2 is 1.77 bits per heavy atom. The van der Waals surface area contributed by atoms with Crippen molar-refractivity contribution in [2.75, 3.05) is 42.9 Å². The number of benzene rings is 2. The van der Waals surface area contributed by atoms with Crippen LogP contribution in [0.1, 0.15) is 11.1 Å². The molecule has 1 saturated heterocycles. The topological polar surface area (TPSA) is 35.6 Å². The highest BCUT2D eigenvalue weighted by molar-refractivity contribution is 6.42. The van der Waals surface area contributed by atoms with Gasteiger partial charge in [-0.2, -0.15) is 0 Å². The summed E-state index contributed by atoms with van der Waals surface area (Å²) < 4.78 is 0. The van der Waals surface area contributed by atoms with E-state index < -0.39 is 0 Å². The van der Waals surface area contributed by atoms with Crippen molar-refractivity contribution in [3.05, 3.63) is 57.6 Å². The summed E-state index contributed by atoms with van der Waals surface area (Å²) >= 11 is 11.9. The van der Waals surface area contributed by atoms with Crippen LogP contribution in [0.15, 0.2) is 36.4 Å². The van der Waals surface area contributed by atoms with Gasteiger partial charge in [0.25, 0.3) is 0 Å². The zero-order chi connectivity index (χ0) is 18.7. The lowest BCUT2D eigenvalue weighted by molar-refractivity contribution is -0.129. The summed E-state index contributed by atoms with van der Waals surface area (Å²) in [4.78, 5) is 16.7. The van der Waals surface area contributed by atoms with Gasteiger partial charge in [-0.3, -0.25) is 4.79 Å². The molecule has 1 heterocycles. The first-order chi connectivity index (χ1) is 12.5. The van der Waals surface area contributed by atoms with Gasteiger partial charge in [-0.15, -0.1) is 0 Å². The Bertz CT molecular complexity index is 802. The van der Waals surface area contributed by atoms with Crippen LogP contribution in [0.3, 0.4) is 0 Å². The predicted octanol–water partition coefficient (Wildman–Crippen LogP) is 4.37. The highest BCUT2D eigenvalue weighted by Crippen LogP contribution is 2.25. The molecule has 26 heavy (non-hydrogen) atoms. The van der Waals surface area contributed by atoms with E-state index in [1.807, 2.05) is 11.0 Å². The van der Waals surface area contributed by atoms with Crippen LogP contribution in [0.25, 0.3) is 0 Å². The van der Waals surface area contributed by atoms with Crippen molar-refractivity contribution in [2.45, 2.75) is 13.8 Å². The summed E-state index contributed by atoms with van der Waals surface area (Å²) in [5.41, 5.74) is 4.67. The zero-order valence-electron chi connectivity index (χ0n) is 15.1. The van der Waals surface area contributed by atoms with Gasteiger partial charge in [0.15, 0.2) is 0 Å². The van der Waals surface area contributed by atoms with Crippen LogP contribution < -0.4 is 10.2 Å². The molecule has 0 unspecified atom stereocenters. The third-order valence-electron chi connectivity index (χ3n) is 4.91. The fourth-order valence-corrected chi connectivity index (χ4v) is 3.47. The third kappa shape index (κ3) is 4.25. The Morgan fingerprint density at radius 1 is 1.04 bits per heavy atom. The third-order valence-corrected chi connectivity index (χ3v) is 5.65. The van der Waals surface area contributed by atoms with Crippen LogP contribution in [0.2, 0.25) is 10.0 Å². The van der Waals surface area contributed by atoms with Crippen molar-refractivity contribution in [2.24, 2.45) is 0 Å². The van der Waals surface area contributed by atoms with Gasteiger partial charge in [0.1, 0.15) is 0 Å². The molecule has 0 aromatic heterocycles. The lowest BCUT2D eigenvalue weighted by Gasteiger charge is -2.37. The van der Waals surface area contributed by atoms with Crippen LogP contribution in [-0.4, -0.2) is 43.5 Å². The number of aryl methyl sites for hydroxylation is 1. The van der Waals surface area contributed by atoms with Gasteiger partial charge in [-0.1, -0.05) is 35.3 Å². The molecule has 0 saturated carbocycles. The van der Waals surface area contributed by atoms with Crippen molar-refractivity contribution >= 4 is 40.5 Å². The Kier molecular flexibility index (Phi) is 5.94. The lowest BCUT2D eigenvalue weighted by atomic mass is 10.1. The van der Waals surface area contributed by atoms with Crippen molar-refractivity contribution in [3.63, 3.8) is 0 Å². The minimum Gasteiger partial charge on any atom is -0.376 e. The van der Waals surface area contributed by atoms with Crippen LogP contribution in [0, 0.1) is 13.8 Å². The van der Waals surface area contributed by atoms with E-state index in [2.05, 4.69) is 42.3 Å². The predicted molar refractivity (Wildman–Crippen MR) is 110 cm³/mol. The molecule has 0 radical (unpaired) electrons.